The van der Waals surface area contributed by atoms with E-state index < -0.39 is 5.60 Å². The molecule has 0 bridgehead atoms. The van der Waals surface area contributed by atoms with Gasteiger partial charge >= 0.3 is 0 Å². The molecule has 0 aliphatic carbocycles. The zero-order valence-corrected chi connectivity index (χ0v) is 9.47. The van der Waals surface area contributed by atoms with Crippen molar-refractivity contribution in [1.82, 2.24) is 0 Å². The molecule has 1 aromatic rings. The highest BCUT2D eigenvalue weighted by Crippen LogP contribution is 2.23. The van der Waals surface area contributed by atoms with Gasteiger partial charge < -0.3 is 5.11 Å². The van der Waals surface area contributed by atoms with Gasteiger partial charge in [0.1, 0.15) is 0 Å². The van der Waals surface area contributed by atoms with Crippen LogP contribution in [0.1, 0.15) is 12.5 Å². The molecule has 2 heteroatoms. The zero-order valence-electron chi connectivity index (χ0n) is 8.66. The third-order valence-corrected chi connectivity index (χ3v) is 3.33. The molecular weight excluding hydrogens is 192 g/mol. The number of benzene rings is 1. The van der Waals surface area contributed by atoms with Crippen molar-refractivity contribution in [1.29, 1.82) is 0 Å². The molecule has 14 heavy (non-hydrogen) atoms. The van der Waals surface area contributed by atoms with Crippen molar-refractivity contribution >= 4 is 11.8 Å². The first kappa shape index (κ1) is 11.3. The van der Waals surface area contributed by atoms with Gasteiger partial charge in [-0.15, -0.1) is 18.3 Å². The Kier molecular flexibility index (Phi) is 3.78. The van der Waals surface area contributed by atoms with Gasteiger partial charge in [-0.05, 0) is 26.0 Å². The summed E-state index contributed by atoms with van der Waals surface area (Å²) in [5, 5.41) is 9.70. The molecule has 0 saturated carbocycles. The lowest BCUT2D eigenvalue weighted by Gasteiger charge is -2.17. The molecule has 0 saturated heterocycles. The second-order valence-corrected chi connectivity index (χ2v) is 4.71. The molecule has 0 fully saturated rings. The summed E-state index contributed by atoms with van der Waals surface area (Å²) in [6.07, 6.45) is 1.58. The van der Waals surface area contributed by atoms with Crippen LogP contribution >= 0.6 is 11.8 Å². The average Bonchev–Trinajstić information content (AvgIpc) is 2.17. The highest BCUT2D eigenvalue weighted by Gasteiger charge is 2.14. The lowest BCUT2D eigenvalue weighted by molar-refractivity contribution is 0.138. The number of aliphatic hydroxyl groups is 1. The van der Waals surface area contributed by atoms with Crippen LogP contribution in [-0.2, 0) is 0 Å². The van der Waals surface area contributed by atoms with Crippen LogP contribution in [0.5, 0.6) is 0 Å². The summed E-state index contributed by atoms with van der Waals surface area (Å²) < 4.78 is 0. The fourth-order valence-corrected chi connectivity index (χ4v) is 1.83. The number of thioether (sulfide) groups is 1. The van der Waals surface area contributed by atoms with Gasteiger partial charge in [-0.25, -0.2) is 0 Å². The van der Waals surface area contributed by atoms with E-state index >= 15 is 0 Å². The Morgan fingerprint density at radius 1 is 1.43 bits per heavy atom. The topological polar surface area (TPSA) is 20.2 Å². The number of aryl methyl sites for hydroxylation is 1. The van der Waals surface area contributed by atoms with Gasteiger partial charge in [0.05, 0.1) is 5.60 Å². The van der Waals surface area contributed by atoms with Crippen LogP contribution in [0.15, 0.2) is 41.8 Å². The molecule has 1 aromatic carbocycles. The third kappa shape index (κ3) is 3.56. The van der Waals surface area contributed by atoms with E-state index in [4.69, 9.17) is 0 Å². The van der Waals surface area contributed by atoms with Gasteiger partial charge in [-0.3, -0.25) is 0 Å². The Bertz CT molecular complexity index is 301. The molecule has 0 aliphatic rings. The van der Waals surface area contributed by atoms with Crippen LogP contribution < -0.4 is 0 Å². The smallest absolute Gasteiger partial charge is 0.0890 e. The third-order valence-electron chi connectivity index (χ3n) is 1.99. The molecular formula is C12H16OS. The molecule has 0 aliphatic heterocycles. The molecule has 1 rings (SSSR count). The molecule has 0 heterocycles. The first-order valence-corrected chi connectivity index (χ1v) is 5.57. The summed E-state index contributed by atoms with van der Waals surface area (Å²) in [6.45, 7) is 7.42. The van der Waals surface area contributed by atoms with E-state index in [1.165, 1.54) is 10.5 Å². The van der Waals surface area contributed by atoms with E-state index in [9.17, 15) is 5.11 Å². The summed E-state index contributed by atoms with van der Waals surface area (Å²) in [5.74, 6) is 0.638. The van der Waals surface area contributed by atoms with Crippen LogP contribution in [0, 0.1) is 6.92 Å². The van der Waals surface area contributed by atoms with Gasteiger partial charge in [0.25, 0.3) is 0 Å². The lowest BCUT2D eigenvalue weighted by Crippen LogP contribution is -2.23. The van der Waals surface area contributed by atoms with Crippen molar-refractivity contribution in [3.63, 3.8) is 0 Å². The first-order chi connectivity index (χ1) is 6.53. The fraction of sp³-hybridized carbons (Fsp3) is 0.333. The Labute approximate surface area is 89.8 Å². The predicted molar refractivity (Wildman–Crippen MR) is 62.7 cm³/mol. The largest absolute Gasteiger partial charge is 0.385 e. The van der Waals surface area contributed by atoms with Crippen molar-refractivity contribution in [3.8, 4) is 0 Å². The molecule has 0 radical (unpaired) electrons. The molecule has 1 unspecified atom stereocenters. The molecule has 0 amide bonds. The van der Waals surface area contributed by atoms with Gasteiger partial charge in [-0.1, -0.05) is 23.8 Å². The quantitative estimate of drug-likeness (QED) is 0.606. The van der Waals surface area contributed by atoms with Crippen molar-refractivity contribution in [2.24, 2.45) is 0 Å². The van der Waals surface area contributed by atoms with Crippen LogP contribution in [0.4, 0.5) is 0 Å². The summed E-state index contributed by atoms with van der Waals surface area (Å²) in [4.78, 5) is 1.18. The normalized spacial score (nSPS) is 14.8. The summed E-state index contributed by atoms with van der Waals surface area (Å²) in [6, 6.07) is 8.29. The molecule has 1 atom stereocenters. The van der Waals surface area contributed by atoms with Gasteiger partial charge in [0, 0.05) is 10.6 Å². The van der Waals surface area contributed by atoms with Crippen molar-refractivity contribution in [3.05, 3.63) is 42.5 Å². The van der Waals surface area contributed by atoms with Crippen LogP contribution in [-0.4, -0.2) is 16.5 Å². The summed E-state index contributed by atoms with van der Waals surface area (Å²) in [7, 11) is 0. The van der Waals surface area contributed by atoms with Crippen molar-refractivity contribution in [2.75, 3.05) is 5.75 Å². The molecule has 76 valence electrons. The summed E-state index contributed by atoms with van der Waals surface area (Å²) in [5.41, 5.74) is 0.472. The molecule has 0 spiro atoms. The van der Waals surface area contributed by atoms with Crippen LogP contribution in [0.3, 0.4) is 0 Å². The van der Waals surface area contributed by atoms with Gasteiger partial charge in [-0.2, -0.15) is 0 Å². The van der Waals surface area contributed by atoms with E-state index in [-0.39, 0.29) is 0 Å². The minimum atomic E-state index is -0.782. The van der Waals surface area contributed by atoms with E-state index in [1.54, 1.807) is 24.8 Å². The predicted octanol–water partition coefficient (Wildman–Crippen LogP) is 3.02. The van der Waals surface area contributed by atoms with E-state index in [1.807, 2.05) is 0 Å². The van der Waals surface area contributed by atoms with E-state index in [0.717, 1.165) is 0 Å². The summed E-state index contributed by atoms with van der Waals surface area (Å²) >= 11 is 1.64. The maximum atomic E-state index is 9.70. The molecule has 1 nitrogen and oxygen atoms in total. The van der Waals surface area contributed by atoms with Crippen LogP contribution in [0.25, 0.3) is 0 Å². The number of hydrogen-bond donors (Lipinski definition) is 1. The standard InChI is InChI=1S/C12H16OS/c1-4-12(3,13)9-14-11-7-5-10(2)6-8-11/h4-8,13H,1,9H2,2-3H3. The van der Waals surface area contributed by atoms with E-state index in [2.05, 4.69) is 37.8 Å². The Balaban J connectivity index is 2.54. The Morgan fingerprint density at radius 3 is 2.50 bits per heavy atom. The average molecular weight is 208 g/mol. The maximum Gasteiger partial charge on any atom is 0.0890 e. The van der Waals surface area contributed by atoms with Crippen LogP contribution in [0.2, 0.25) is 0 Å². The first-order valence-electron chi connectivity index (χ1n) is 4.59. The maximum absolute atomic E-state index is 9.70. The zero-order chi connectivity index (χ0) is 10.6. The Hall–Kier alpha value is -0.730. The lowest BCUT2D eigenvalue weighted by atomic mass is 10.1. The van der Waals surface area contributed by atoms with E-state index in [0.29, 0.717) is 5.75 Å². The van der Waals surface area contributed by atoms with Crippen molar-refractivity contribution < 1.29 is 5.11 Å². The fourth-order valence-electron chi connectivity index (χ4n) is 0.923. The number of rotatable bonds is 4. The second-order valence-electron chi connectivity index (χ2n) is 3.66. The number of hydrogen-bond acceptors (Lipinski definition) is 2. The second kappa shape index (κ2) is 4.67. The van der Waals surface area contributed by atoms with Gasteiger partial charge in [0.15, 0.2) is 0 Å². The SMILES string of the molecule is C=CC(C)(O)CSc1ccc(C)cc1. The molecule has 1 N–H and O–H groups in total. The highest BCUT2D eigenvalue weighted by atomic mass is 32.2. The highest BCUT2D eigenvalue weighted by molar-refractivity contribution is 7.99. The van der Waals surface area contributed by atoms with Crippen molar-refractivity contribution in [2.45, 2.75) is 24.3 Å². The van der Waals surface area contributed by atoms with Gasteiger partial charge in [0.2, 0.25) is 0 Å². The minimum absolute atomic E-state index is 0.638. The monoisotopic (exact) mass is 208 g/mol. The Morgan fingerprint density at radius 2 is 2.00 bits per heavy atom. The minimum Gasteiger partial charge on any atom is -0.385 e. The molecule has 0 aromatic heterocycles.